The Hall–Kier alpha value is -10.1. The number of carbonyl (C=O) groups excluding carboxylic acids is 9. The molecule has 5 heterocycles. The molecule has 11 rings (SSSR count). The third-order valence-electron chi connectivity index (χ3n) is 17.8. The zero-order valence-corrected chi connectivity index (χ0v) is 77.2. The summed E-state index contributed by atoms with van der Waals surface area (Å²) in [5.74, 6) is -7.70. The quantitative estimate of drug-likeness (QED) is 0.0153. The Balaban J connectivity index is 0.000000366. The van der Waals surface area contributed by atoms with Crippen LogP contribution < -0.4 is 122 Å². The summed E-state index contributed by atoms with van der Waals surface area (Å²) in [4.78, 5) is 126. The molecule has 124 heavy (non-hydrogen) atoms. The number of carboxylic acids is 1. The molecule has 38 heteroatoms. The molecule has 2 aromatic heterocycles. The predicted molar refractivity (Wildman–Crippen MR) is 424 cm³/mol. The van der Waals surface area contributed by atoms with Crippen LogP contribution in [0.5, 0.6) is 34.5 Å². The third kappa shape index (κ3) is 29.5. The number of hydrogen-bond acceptors (Lipinski definition) is 24. The normalized spacial score (nSPS) is 14.3. The van der Waals surface area contributed by atoms with Gasteiger partial charge in [0.1, 0.15) is 56.6 Å². The van der Waals surface area contributed by atoms with Crippen LogP contribution in [0.2, 0.25) is 0 Å². The fraction of sp³-hybridized carbons (Fsp3) is 0.349. The van der Waals surface area contributed by atoms with Crippen molar-refractivity contribution >= 4 is 59.9 Å². The van der Waals surface area contributed by atoms with Crippen LogP contribution in [-0.2, 0) is 47.5 Å². The molecular formula is C86H92F6K2N6O24. The molecule has 8 aromatic rings. The van der Waals surface area contributed by atoms with Crippen molar-refractivity contribution in [1.82, 2.24) is 29.2 Å². The van der Waals surface area contributed by atoms with Gasteiger partial charge in [-0.3, -0.25) is 4.79 Å². The molecule has 6 aromatic carbocycles. The molecule has 0 bridgehead atoms. The molecule has 3 aliphatic heterocycles. The van der Waals surface area contributed by atoms with Crippen LogP contribution in [0, 0.1) is 46.7 Å². The molecule has 30 nitrogen and oxygen atoms in total. The second-order valence-corrected chi connectivity index (χ2v) is 29.8. The van der Waals surface area contributed by atoms with E-state index in [2.05, 4.69) is 14.8 Å². The Morgan fingerprint density at radius 3 is 1.04 bits per heavy atom. The van der Waals surface area contributed by atoms with Gasteiger partial charge in [0.25, 0.3) is 0 Å². The number of carboxylic acid groups (broad SMARTS) is 1. The molecule has 0 aliphatic carbocycles. The fourth-order valence-electron chi connectivity index (χ4n) is 12.3. The maximum atomic E-state index is 14.0. The Bertz CT molecular complexity index is 5080. The van der Waals surface area contributed by atoms with Gasteiger partial charge < -0.3 is 97.3 Å². The number of esters is 5. The third-order valence-corrected chi connectivity index (χ3v) is 17.8. The van der Waals surface area contributed by atoms with Crippen LogP contribution in [0.1, 0.15) is 146 Å². The number of ketones is 1. The number of Topliss-reactive ketones (excluding diaryl/α,β-unsaturated/α-hetero) is 1. The van der Waals surface area contributed by atoms with Gasteiger partial charge in [-0.1, -0.05) is 42.5 Å². The molecule has 4 N–H and O–H groups in total. The second kappa shape index (κ2) is 47.8. The average molecular weight is 1790 g/mol. The van der Waals surface area contributed by atoms with Crippen LogP contribution in [0.15, 0.2) is 140 Å². The summed E-state index contributed by atoms with van der Waals surface area (Å²) in [7, 11) is 5.90. The van der Waals surface area contributed by atoms with E-state index in [1.807, 2.05) is 32.6 Å². The molecule has 0 unspecified atom stereocenters. The fourth-order valence-corrected chi connectivity index (χ4v) is 12.3. The number of amides is 3. The van der Waals surface area contributed by atoms with E-state index in [0.717, 1.165) is 49.9 Å². The van der Waals surface area contributed by atoms with Gasteiger partial charge in [-0.2, -0.15) is 0 Å². The van der Waals surface area contributed by atoms with Crippen molar-refractivity contribution in [3.8, 4) is 68.6 Å². The van der Waals surface area contributed by atoms with Crippen molar-refractivity contribution in [2.45, 2.75) is 117 Å². The van der Waals surface area contributed by atoms with E-state index in [9.17, 15) is 79.4 Å². The Morgan fingerprint density at radius 2 is 0.726 bits per heavy atom. The molecule has 3 aliphatic rings. The van der Waals surface area contributed by atoms with Crippen LogP contribution in [0.25, 0.3) is 22.3 Å². The molecule has 654 valence electrons. The molecule has 3 saturated heterocycles. The SMILES string of the molecule is CC(C)(C)OC(=O)N1CC[C@@H](NCC(=O)c2ccc(Oc3c(F)cccc3F)cc2)C1.COC(=O)C#CC(=O)OC.COC(=O)c1c(-c2ccc(Oc3c(F)cccc3F)cc2)cn([C@@H]2CCN(C(=O)OC(C)(C)C)C2)c1C(=O)O.COC(=O)c1c(-c2ccc(Oc3c(F)cccc3F)cc2)cn([C@@H]2CCN(C(=O)OC(C)(C)C)C2)c1C(=O)OC.[K+].[K+].[OH-].[OH-]. The van der Waals surface area contributed by atoms with Gasteiger partial charge in [0, 0.05) is 86.2 Å². The minimum Gasteiger partial charge on any atom is -0.870 e. The van der Waals surface area contributed by atoms with Crippen LogP contribution >= 0.6 is 0 Å². The number of hydrogen-bond donors (Lipinski definition) is 2. The Kier molecular flexibility index (Phi) is 41.0. The summed E-state index contributed by atoms with van der Waals surface area (Å²) >= 11 is 0. The smallest absolute Gasteiger partial charge is 0.870 e. The number of aromatic carboxylic acids is 1. The minimum absolute atomic E-state index is 0. The van der Waals surface area contributed by atoms with E-state index in [0.29, 0.717) is 61.3 Å². The van der Waals surface area contributed by atoms with Gasteiger partial charge in [-0.25, -0.2) is 69.5 Å². The summed E-state index contributed by atoms with van der Waals surface area (Å²) in [5.41, 5.74) is -0.336. The maximum Gasteiger partial charge on any atom is 1.00 e. The van der Waals surface area contributed by atoms with Crippen molar-refractivity contribution in [2.24, 2.45) is 0 Å². The minimum atomic E-state index is -1.34. The van der Waals surface area contributed by atoms with Gasteiger partial charge in [-0.05, 0) is 178 Å². The summed E-state index contributed by atoms with van der Waals surface area (Å²) < 4.78 is 142. The van der Waals surface area contributed by atoms with Gasteiger partial charge in [-0.15, -0.1) is 0 Å². The van der Waals surface area contributed by atoms with E-state index in [1.165, 1.54) is 111 Å². The van der Waals surface area contributed by atoms with Crippen molar-refractivity contribution in [1.29, 1.82) is 0 Å². The monoisotopic (exact) mass is 1780 g/mol. The van der Waals surface area contributed by atoms with E-state index < -0.39 is 123 Å². The number of ether oxygens (including phenoxy) is 11. The molecule has 0 radical (unpaired) electrons. The van der Waals surface area contributed by atoms with E-state index >= 15 is 0 Å². The van der Waals surface area contributed by atoms with Crippen LogP contribution in [-0.4, -0.2) is 204 Å². The zero-order chi connectivity index (χ0) is 88.3. The predicted octanol–water partition coefficient (Wildman–Crippen LogP) is 9.40. The number of benzene rings is 6. The topological polar surface area (TPSA) is 384 Å². The summed E-state index contributed by atoms with van der Waals surface area (Å²) in [5, 5.41) is 13.2. The van der Waals surface area contributed by atoms with Crippen LogP contribution in [0.4, 0.5) is 40.7 Å². The largest absolute Gasteiger partial charge is 1.00 e. The van der Waals surface area contributed by atoms with Gasteiger partial charge in [0.2, 0.25) is 0 Å². The van der Waals surface area contributed by atoms with E-state index in [-0.39, 0.29) is 203 Å². The number of rotatable bonds is 18. The average Bonchev–Trinajstić information content (AvgIpc) is 1.61. The first-order valence-corrected chi connectivity index (χ1v) is 37.2. The van der Waals surface area contributed by atoms with Crippen LogP contribution in [0.3, 0.4) is 0 Å². The van der Waals surface area contributed by atoms with Crippen molar-refractivity contribution < 1.29 is 245 Å². The number of para-hydroxylation sites is 3. The molecule has 3 fully saturated rings. The van der Waals surface area contributed by atoms with Crippen molar-refractivity contribution in [3.05, 3.63) is 203 Å². The van der Waals surface area contributed by atoms with Gasteiger partial charge in [0.15, 0.2) is 57.9 Å². The zero-order valence-electron chi connectivity index (χ0n) is 71.0. The number of methoxy groups -OCH3 is 5. The molecule has 0 saturated carbocycles. The number of nitrogens with zero attached hydrogens (tertiary/aromatic N) is 5. The summed E-state index contributed by atoms with van der Waals surface area (Å²) in [6.07, 6.45) is 3.49. The summed E-state index contributed by atoms with van der Waals surface area (Å²) in [6.45, 7) is 18.4. The first-order valence-electron chi connectivity index (χ1n) is 37.2. The molecule has 0 spiro atoms. The standard InChI is InChI=1S/C29H30F2N2O7.C28H28F2N2O7.C23H26F2N2O4.C6H6O4.2K.2H2O/c1-29(2,3)40-28(36)32-14-13-18(15-32)33-16-20(23(26(34)37-4)24(33)27(35)38-5)17-9-11-19(12-10-17)39-25-21(30)7-6-8-22(25)31;1-28(2,3)39-27(36)31-13-12-17(14-31)32-15-19(22(26(35)37-4)23(32)25(33)34)16-8-10-18(11-9-16)38-24-20(29)6-5-7-21(24)30;1-23(2,3)31-22(29)27-12-11-16(14-27)26-13-20(28)15-7-9-17(10-8-15)30-21-18(24)5-4-6-19(21)25;1-9-5(7)3-4-6(8)10-2;;;;/h6-12,16,18H,13-15H2,1-5H3;5-11,15,17H,12-14H2,1-4H3,(H,33,34);4-10,16,26H,11-14H2,1-3H3;1-2H3;;;2*1H2/q;;;;2*+1;;/p-2/t18-;17-;16-;;;;;/m111...../s1. The molecule has 3 atom stereocenters. The number of carbonyl (C=O) groups is 10. The van der Waals surface area contributed by atoms with E-state index in [1.54, 1.807) is 86.4 Å². The first kappa shape index (κ1) is 106. The van der Waals surface area contributed by atoms with Gasteiger partial charge >= 0.3 is 157 Å². The molecule has 3 amide bonds. The number of nitrogens with one attached hydrogen (secondary N) is 1. The molecular weight excluding hydrogens is 1690 g/mol. The summed E-state index contributed by atoms with van der Waals surface area (Å²) in [6, 6.07) is 27.6. The number of likely N-dealkylation sites (tertiary alicyclic amines) is 3. The van der Waals surface area contributed by atoms with E-state index in [4.69, 9.17) is 42.6 Å². The Morgan fingerprint density at radius 1 is 0.419 bits per heavy atom. The first-order chi connectivity index (χ1) is 56.6. The number of halogens is 6. The van der Waals surface area contributed by atoms with Crippen molar-refractivity contribution in [3.63, 3.8) is 0 Å². The van der Waals surface area contributed by atoms with Crippen molar-refractivity contribution in [2.75, 3.05) is 81.4 Å². The second-order valence-electron chi connectivity index (χ2n) is 29.8. The Labute approximate surface area is 795 Å². The maximum absolute atomic E-state index is 14.0. The van der Waals surface area contributed by atoms with Gasteiger partial charge in [0.05, 0.1) is 54.2 Å². The number of aromatic nitrogens is 2.